The second-order valence-corrected chi connectivity index (χ2v) is 5.68. The molecule has 0 saturated carbocycles. The van der Waals surface area contributed by atoms with Gasteiger partial charge < -0.3 is 11.1 Å². The predicted octanol–water partition coefficient (Wildman–Crippen LogP) is 1.48. The Labute approximate surface area is 148 Å². The van der Waals surface area contributed by atoms with Gasteiger partial charge in [0.25, 0.3) is 11.5 Å². The van der Waals surface area contributed by atoms with E-state index < -0.39 is 23.4 Å². The zero-order valence-corrected chi connectivity index (χ0v) is 14.0. The second-order valence-electron chi connectivity index (χ2n) is 5.68. The van der Waals surface area contributed by atoms with Gasteiger partial charge in [0.1, 0.15) is 11.6 Å². The number of fused-ring (bicyclic) bond motifs is 1. The van der Waals surface area contributed by atoms with Crippen molar-refractivity contribution in [3.05, 3.63) is 64.4 Å². The number of nitrogens with one attached hydrogen (secondary N) is 1. The summed E-state index contributed by atoms with van der Waals surface area (Å²) in [7, 11) is 0. The normalized spacial score (nSPS) is 11.9. The molecule has 1 heterocycles. The number of anilines is 1. The van der Waals surface area contributed by atoms with Gasteiger partial charge in [0, 0.05) is 0 Å². The van der Waals surface area contributed by atoms with Gasteiger partial charge in [0.15, 0.2) is 0 Å². The van der Waals surface area contributed by atoms with E-state index in [1.54, 1.807) is 49.4 Å². The molecule has 3 N–H and O–H groups in total. The fourth-order valence-electron chi connectivity index (χ4n) is 2.70. The van der Waals surface area contributed by atoms with Crippen LogP contribution in [0.2, 0.25) is 0 Å². The van der Waals surface area contributed by atoms with Crippen molar-refractivity contribution in [2.24, 2.45) is 5.73 Å². The van der Waals surface area contributed by atoms with Gasteiger partial charge in [-0.2, -0.15) is 4.68 Å². The molecule has 2 amide bonds. The Kier molecular flexibility index (Phi) is 4.74. The lowest BCUT2D eigenvalue weighted by molar-refractivity contribution is -0.119. The number of hydrogen-bond donors (Lipinski definition) is 2. The Balaban J connectivity index is 1.97. The molecule has 1 aromatic heterocycles. The summed E-state index contributed by atoms with van der Waals surface area (Å²) in [4.78, 5) is 36.9. The zero-order chi connectivity index (χ0) is 18.7. The summed E-state index contributed by atoms with van der Waals surface area (Å²) in [6.45, 7) is 1.76. The number of benzene rings is 2. The van der Waals surface area contributed by atoms with Crippen molar-refractivity contribution in [2.75, 3.05) is 5.32 Å². The molecule has 1 atom stereocenters. The van der Waals surface area contributed by atoms with E-state index in [1.165, 1.54) is 6.07 Å². The first kappa shape index (κ1) is 17.3. The van der Waals surface area contributed by atoms with E-state index in [4.69, 9.17) is 5.73 Å². The number of rotatable bonds is 5. The third-order valence-corrected chi connectivity index (χ3v) is 4.03. The summed E-state index contributed by atoms with van der Waals surface area (Å²) < 4.78 is 1.06. The van der Waals surface area contributed by atoms with Crippen molar-refractivity contribution in [2.45, 2.75) is 19.4 Å². The molecule has 0 aliphatic rings. The van der Waals surface area contributed by atoms with Crippen LogP contribution in [-0.4, -0.2) is 26.8 Å². The summed E-state index contributed by atoms with van der Waals surface area (Å²) in [6.07, 6.45) is 0.317. The van der Waals surface area contributed by atoms with E-state index in [9.17, 15) is 14.4 Å². The second kappa shape index (κ2) is 7.14. The molecular weight excluding hydrogens is 334 g/mol. The Hall–Kier alpha value is -3.55. The SMILES string of the molecule is CC[C@H](C(=O)Nc1ccccc1C(N)=O)n1nnc2ccccc2c1=O. The first-order valence-corrected chi connectivity index (χ1v) is 8.07. The number of aromatic nitrogens is 3. The van der Waals surface area contributed by atoms with E-state index in [0.717, 1.165) is 4.68 Å². The van der Waals surface area contributed by atoms with Crippen LogP contribution in [0.25, 0.3) is 10.9 Å². The van der Waals surface area contributed by atoms with Gasteiger partial charge in [-0.15, -0.1) is 5.10 Å². The highest BCUT2D eigenvalue weighted by atomic mass is 16.2. The van der Waals surface area contributed by atoms with E-state index >= 15 is 0 Å². The Morgan fingerprint density at radius 3 is 2.58 bits per heavy atom. The molecule has 0 fully saturated rings. The molecule has 0 radical (unpaired) electrons. The maximum Gasteiger partial charge on any atom is 0.278 e. The van der Waals surface area contributed by atoms with E-state index in [0.29, 0.717) is 17.3 Å². The van der Waals surface area contributed by atoms with Crippen molar-refractivity contribution in [1.29, 1.82) is 0 Å². The van der Waals surface area contributed by atoms with Crippen molar-refractivity contribution in [3.8, 4) is 0 Å². The number of para-hydroxylation sites is 1. The summed E-state index contributed by atoms with van der Waals surface area (Å²) in [6, 6.07) is 12.3. The van der Waals surface area contributed by atoms with Gasteiger partial charge in [0.2, 0.25) is 5.91 Å². The van der Waals surface area contributed by atoms with E-state index in [1.807, 2.05) is 0 Å². The minimum atomic E-state index is -0.875. The summed E-state index contributed by atoms with van der Waals surface area (Å²) in [5.41, 5.74) is 5.86. The molecule has 3 aromatic rings. The number of nitrogens with zero attached hydrogens (tertiary/aromatic N) is 3. The molecule has 2 aromatic carbocycles. The van der Waals surface area contributed by atoms with Gasteiger partial charge in [0.05, 0.1) is 16.6 Å². The molecule has 132 valence electrons. The summed E-state index contributed by atoms with van der Waals surface area (Å²) >= 11 is 0. The van der Waals surface area contributed by atoms with Gasteiger partial charge in [-0.3, -0.25) is 14.4 Å². The van der Waals surface area contributed by atoms with Crippen LogP contribution in [0.4, 0.5) is 5.69 Å². The van der Waals surface area contributed by atoms with Crippen LogP contribution in [0.15, 0.2) is 53.3 Å². The number of primary amides is 1. The lowest BCUT2D eigenvalue weighted by Gasteiger charge is -2.17. The van der Waals surface area contributed by atoms with Gasteiger partial charge >= 0.3 is 0 Å². The molecule has 8 heteroatoms. The molecule has 0 unspecified atom stereocenters. The fraction of sp³-hybridized carbons (Fsp3) is 0.167. The van der Waals surface area contributed by atoms with E-state index in [-0.39, 0.29) is 11.3 Å². The topological polar surface area (TPSA) is 120 Å². The number of hydrogen-bond acceptors (Lipinski definition) is 5. The minimum Gasteiger partial charge on any atom is -0.366 e. The molecule has 0 aliphatic carbocycles. The first-order chi connectivity index (χ1) is 12.5. The maximum atomic E-state index is 12.7. The fourth-order valence-corrected chi connectivity index (χ4v) is 2.70. The highest BCUT2D eigenvalue weighted by Crippen LogP contribution is 2.18. The van der Waals surface area contributed by atoms with Crippen LogP contribution >= 0.6 is 0 Å². The van der Waals surface area contributed by atoms with Crippen molar-refractivity contribution in [1.82, 2.24) is 15.0 Å². The molecule has 0 saturated heterocycles. The molecule has 0 aliphatic heterocycles. The average Bonchev–Trinajstić information content (AvgIpc) is 2.64. The zero-order valence-electron chi connectivity index (χ0n) is 14.0. The lowest BCUT2D eigenvalue weighted by atomic mass is 10.1. The number of amides is 2. The third kappa shape index (κ3) is 3.16. The molecule has 3 rings (SSSR count). The lowest BCUT2D eigenvalue weighted by Crippen LogP contribution is -2.35. The summed E-state index contributed by atoms with van der Waals surface area (Å²) in [5, 5.41) is 10.9. The molecule has 26 heavy (non-hydrogen) atoms. The number of nitrogens with two attached hydrogens (primary N) is 1. The Morgan fingerprint density at radius 2 is 1.85 bits per heavy atom. The molecule has 0 spiro atoms. The molecular formula is C18H17N5O3. The van der Waals surface area contributed by atoms with Gasteiger partial charge in [-0.05, 0) is 30.7 Å². The van der Waals surface area contributed by atoms with Gasteiger partial charge in [-0.25, -0.2) is 0 Å². The quantitative estimate of drug-likeness (QED) is 0.721. The first-order valence-electron chi connectivity index (χ1n) is 8.07. The predicted molar refractivity (Wildman–Crippen MR) is 96.7 cm³/mol. The number of carbonyl (C=O) groups is 2. The Morgan fingerprint density at radius 1 is 1.15 bits per heavy atom. The highest BCUT2D eigenvalue weighted by Gasteiger charge is 2.23. The summed E-state index contributed by atoms with van der Waals surface area (Å²) in [5.74, 6) is -1.13. The van der Waals surface area contributed by atoms with E-state index in [2.05, 4.69) is 15.6 Å². The average molecular weight is 351 g/mol. The minimum absolute atomic E-state index is 0.188. The van der Waals surface area contributed by atoms with Crippen molar-refractivity contribution >= 4 is 28.4 Å². The molecule has 0 bridgehead atoms. The van der Waals surface area contributed by atoms with Crippen LogP contribution < -0.4 is 16.6 Å². The number of carbonyl (C=O) groups excluding carboxylic acids is 2. The van der Waals surface area contributed by atoms with Crippen LogP contribution in [0.3, 0.4) is 0 Å². The standard InChI is InChI=1S/C18H17N5O3/c1-2-15(17(25)20-13-9-5-3-7-11(13)16(19)24)23-18(26)12-8-4-6-10-14(12)21-22-23/h3-10,15H,2H2,1H3,(H2,19,24)(H,20,25)/t15-/m1/s1. The van der Waals surface area contributed by atoms with Crippen LogP contribution in [0.1, 0.15) is 29.7 Å². The molecule has 8 nitrogen and oxygen atoms in total. The van der Waals surface area contributed by atoms with Gasteiger partial charge in [-0.1, -0.05) is 36.4 Å². The van der Waals surface area contributed by atoms with Crippen molar-refractivity contribution in [3.63, 3.8) is 0 Å². The van der Waals surface area contributed by atoms with Crippen LogP contribution in [0, 0.1) is 0 Å². The maximum absolute atomic E-state index is 12.7. The third-order valence-electron chi connectivity index (χ3n) is 4.03. The van der Waals surface area contributed by atoms with Crippen LogP contribution in [-0.2, 0) is 4.79 Å². The van der Waals surface area contributed by atoms with Crippen molar-refractivity contribution < 1.29 is 9.59 Å². The smallest absolute Gasteiger partial charge is 0.278 e. The van der Waals surface area contributed by atoms with Crippen LogP contribution in [0.5, 0.6) is 0 Å². The highest BCUT2D eigenvalue weighted by molar-refractivity contribution is 6.03. The monoisotopic (exact) mass is 351 g/mol. The Bertz CT molecular complexity index is 1040. The largest absolute Gasteiger partial charge is 0.366 e.